The van der Waals surface area contributed by atoms with Gasteiger partial charge in [0.15, 0.2) is 17.9 Å². The number of benzene rings is 2. The van der Waals surface area contributed by atoms with E-state index in [4.69, 9.17) is 4.74 Å². The van der Waals surface area contributed by atoms with Crippen molar-refractivity contribution >= 4 is 6.29 Å². The molecule has 4 heteroatoms. The number of aryl methyl sites for hydroxylation is 1. The molecular formula is C23H26F2O2. The number of aldehydes is 1. The molecule has 0 aliphatic heterocycles. The van der Waals surface area contributed by atoms with Crippen LogP contribution >= 0.6 is 0 Å². The van der Waals surface area contributed by atoms with Gasteiger partial charge in [0.05, 0.1) is 12.7 Å². The third-order valence-corrected chi connectivity index (χ3v) is 6.01. The second kappa shape index (κ2) is 6.43. The average Bonchev–Trinajstić information content (AvgIpc) is 2.61. The van der Waals surface area contributed by atoms with Crippen LogP contribution in [-0.4, -0.2) is 13.4 Å². The highest BCUT2D eigenvalue weighted by Gasteiger charge is 2.37. The first-order chi connectivity index (χ1) is 12.5. The van der Waals surface area contributed by atoms with Gasteiger partial charge >= 0.3 is 0 Å². The van der Waals surface area contributed by atoms with Gasteiger partial charge in [-0.3, -0.25) is 4.79 Å². The van der Waals surface area contributed by atoms with Crippen molar-refractivity contribution in [3.63, 3.8) is 0 Å². The van der Waals surface area contributed by atoms with E-state index in [1.165, 1.54) is 24.3 Å². The largest absolute Gasteiger partial charge is 0.493 e. The first kappa shape index (κ1) is 19.5. The molecule has 0 atom stereocenters. The lowest BCUT2D eigenvalue weighted by Crippen LogP contribution is -2.34. The Hall–Kier alpha value is -2.23. The SMILES string of the molecule is COc1c(-c2cc3c(cc2C)C(C)(C)CCC3(C)C)cc(C=O)c(F)c1F. The maximum Gasteiger partial charge on any atom is 0.201 e. The second-order valence-electron chi connectivity index (χ2n) is 8.77. The number of carbonyl (C=O) groups excluding carboxylic acids is 1. The summed E-state index contributed by atoms with van der Waals surface area (Å²) in [5.41, 5.74) is 4.33. The Morgan fingerprint density at radius 3 is 2.00 bits per heavy atom. The summed E-state index contributed by atoms with van der Waals surface area (Å²) < 4.78 is 33.7. The Morgan fingerprint density at radius 1 is 0.926 bits per heavy atom. The zero-order valence-electron chi connectivity index (χ0n) is 16.8. The van der Waals surface area contributed by atoms with E-state index >= 15 is 0 Å². The lowest BCUT2D eigenvalue weighted by atomic mass is 9.62. The number of carbonyl (C=O) groups is 1. The summed E-state index contributed by atoms with van der Waals surface area (Å²) in [6.07, 6.45) is 2.47. The van der Waals surface area contributed by atoms with E-state index in [-0.39, 0.29) is 22.1 Å². The summed E-state index contributed by atoms with van der Waals surface area (Å²) in [5, 5.41) is 0. The Bertz CT molecular complexity index is 927. The van der Waals surface area contributed by atoms with Crippen LogP contribution in [0.2, 0.25) is 0 Å². The van der Waals surface area contributed by atoms with Crippen LogP contribution < -0.4 is 4.74 Å². The van der Waals surface area contributed by atoms with Gasteiger partial charge in [-0.05, 0) is 65.0 Å². The molecule has 27 heavy (non-hydrogen) atoms. The summed E-state index contributed by atoms with van der Waals surface area (Å²) >= 11 is 0. The van der Waals surface area contributed by atoms with E-state index in [1.54, 1.807) is 0 Å². The maximum atomic E-state index is 14.5. The highest BCUT2D eigenvalue weighted by Crippen LogP contribution is 2.48. The van der Waals surface area contributed by atoms with Crippen molar-refractivity contribution < 1.29 is 18.3 Å². The number of fused-ring (bicyclic) bond motifs is 1. The molecule has 1 aliphatic carbocycles. The lowest BCUT2D eigenvalue weighted by Gasteiger charge is -2.42. The molecule has 0 saturated carbocycles. The molecule has 0 aromatic heterocycles. The molecule has 0 bridgehead atoms. The highest BCUT2D eigenvalue weighted by molar-refractivity contribution is 5.83. The quantitative estimate of drug-likeness (QED) is 0.608. The predicted molar refractivity (Wildman–Crippen MR) is 104 cm³/mol. The zero-order chi connectivity index (χ0) is 20.1. The fourth-order valence-corrected chi connectivity index (χ4v) is 4.13. The number of halogens is 2. The molecular weight excluding hydrogens is 346 g/mol. The molecule has 0 amide bonds. The number of hydrogen-bond donors (Lipinski definition) is 0. The summed E-state index contributed by atoms with van der Waals surface area (Å²) in [7, 11) is 1.31. The van der Waals surface area contributed by atoms with Crippen LogP contribution in [0.4, 0.5) is 8.78 Å². The van der Waals surface area contributed by atoms with E-state index in [9.17, 15) is 13.6 Å². The van der Waals surface area contributed by atoms with Crippen LogP contribution in [0, 0.1) is 18.6 Å². The lowest BCUT2D eigenvalue weighted by molar-refractivity contribution is 0.111. The van der Waals surface area contributed by atoms with E-state index in [0.29, 0.717) is 11.8 Å². The smallest absolute Gasteiger partial charge is 0.201 e. The summed E-state index contributed by atoms with van der Waals surface area (Å²) in [6, 6.07) is 5.59. The molecule has 0 fully saturated rings. The third kappa shape index (κ3) is 3.05. The molecule has 2 aromatic rings. The van der Waals surface area contributed by atoms with Crippen LogP contribution in [-0.2, 0) is 10.8 Å². The van der Waals surface area contributed by atoms with Crippen LogP contribution in [0.5, 0.6) is 5.75 Å². The number of ether oxygens (including phenoxy) is 1. The molecule has 144 valence electrons. The molecule has 3 rings (SSSR count). The standard InChI is InChI=1S/C23H26F2O2/c1-13-9-17-18(23(4,5)8-7-22(17,2)3)11-15(13)16-10-14(12-26)19(24)20(25)21(16)27-6/h9-12H,7-8H2,1-6H3. The van der Waals surface area contributed by atoms with Crippen molar-refractivity contribution in [2.24, 2.45) is 0 Å². The van der Waals surface area contributed by atoms with Crippen LogP contribution in [0.1, 0.15) is 67.6 Å². The minimum atomic E-state index is -1.18. The van der Waals surface area contributed by atoms with Gasteiger partial charge in [0.25, 0.3) is 0 Å². The molecule has 2 nitrogen and oxygen atoms in total. The Kier molecular flexibility index (Phi) is 4.65. The topological polar surface area (TPSA) is 26.3 Å². The first-order valence-electron chi connectivity index (χ1n) is 9.20. The van der Waals surface area contributed by atoms with Crippen LogP contribution in [0.25, 0.3) is 11.1 Å². The number of rotatable bonds is 3. The molecule has 0 N–H and O–H groups in total. The molecule has 0 spiro atoms. The number of methoxy groups -OCH3 is 1. The van der Waals surface area contributed by atoms with Gasteiger partial charge in [-0.15, -0.1) is 0 Å². The first-order valence-corrected chi connectivity index (χ1v) is 9.20. The third-order valence-electron chi connectivity index (χ3n) is 6.01. The van der Waals surface area contributed by atoms with E-state index in [0.717, 1.165) is 24.0 Å². The van der Waals surface area contributed by atoms with Gasteiger partial charge in [-0.1, -0.05) is 33.8 Å². The van der Waals surface area contributed by atoms with E-state index < -0.39 is 11.6 Å². The van der Waals surface area contributed by atoms with Crippen molar-refractivity contribution in [1.82, 2.24) is 0 Å². The summed E-state index contributed by atoms with van der Waals surface area (Å²) in [6.45, 7) is 10.8. The second-order valence-corrected chi connectivity index (χ2v) is 8.77. The van der Waals surface area contributed by atoms with Crippen molar-refractivity contribution in [1.29, 1.82) is 0 Å². The fraction of sp³-hybridized carbons (Fsp3) is 0.435. The average molecular weight is 372 g/mol. The molecule has 0 heterocycles. The normalized spacial score (nSPS) is 17.3. The molecule has 0 radical (unpaired) electrons. The van der Waals surface area contributed by atoms with E-state index in [2.05, 4.69) is 39.8 Å². The van der Waals surface area contributed by atoms with Crippen molar-refractivity contribution in [3.05, 3.63) is 52.1 Å². The highest BCUT2D eigenvalue weighted by atomic mass is 19.2. The van der Waals surface area contributed by atoms with E-state index in [1.807, 2.05) is 6.92 Å². The van der Waals surface area contributed by atoms with Gasteiger partial charge in [0.2, 0.25) is 5.82 Å². The van der Waals surface area contributed by atoms with Crippen molar-refractivity contribution in [2.75, 3.05) is 7.11 Å². The van der Waals surface area contributed by atoms with Gasteiger partial charge in [-0.25, -0.2) is 4.39 Å². The minimum absolute atomic E-state index is 0.0212. The molecule has 0 saturated heterocycles. The Balaban J connectivity index is 2.35. The van der Waals surface area contributed by atoms with Gasteiger partial charge < -0.3 is 4.74 Å². The fourth-order valence-electron chi connectivity index (χ4n) is 4.13. The van der Waals surface area contributed by atoms with Crippen LogP contribution in [0.15, 0.2) is 18.2 Å². The predicted octanol–water partition coefficient (Wildman–Crippen LogP) is 6.11. The zero-order valence-corrected chi connectivity index (χ0v) is 16.8. The van der Waals surface area contributed by atoms with Crippen LogP contribution in [0.3, 0.4) is 0 Å². The molecule has 1 aliphatic rings. The molecule has 2 aromatic carbocycles. The van der Waals surface area contributed by atoms with Gasteiger partial charge in [-0.2, -0.15) is 4.39 Å². The summed E-state index contributed by atoms with van der Waals surface area (Å²) in [5.74, 6) is -2.48. The van der Waals surface area contributed by atoms with Crippen molar-refractivity contribution in [3.8, 4) is 16.9 Å². The van der Waals surface area contributed by atoms with Gasteiger partial charge in [0, 0.05) is 5.56 Å². The minimum Gasteiger partial charge on any atom is -0.493 e. The Labute approximate surface area is 159 Å². The molecule has 0 unspecified atom stereocenters. The Morgan fingerprint density at radius 2 is 1.48 bits per heavy atom. The monoisotopic (exact) mass is 372 g/mol. The van der Waals surface area contributed by atoms with Gasteiger partial charge in [0.1, 0.15) is 0 Å². The number of hydrogen-bond acceptors (Lipinski definition) is 2. The van der Waals surface area contributed by atoms with Crippen molar-refractivity contribution in [2.45, 2.75) is 58.3 Å². The maximum absolute atomic E-state index is 14.5. The summed E-state index contributed by atoms with van der Waals surface area (Å²) in [4.78, 5) is 11.2.